The van der Waals surface area contributed by atoms with Crippen LogP contribution in [0.2, 0.25) is 0 Å². The minimum Gasteiger partial charge on any atom is -0.356 e. The summed E-state index contributed by atoms with van der Waals surface area (Å²) in [5.41, 5.74) is 0.0514. The van der Waals surface area contributed by atoms with Crippen molar-refractivity contribution < 1.29 is 18.0 Å². The van der Waals surface area contributed by atoms with E-state index >= 15 is 0 Å². The molecule has 1 N–H and O–H groups in total. The van der Waals surface area contributed by atoms with Crippen molar-refractivity contribution in [1.82, 2.24) is 14.5 Å². The fourth-order valence-corrected chi connectivity index (χ4v) is 1.99. The van der Waals surface area contributed by atoms with Crippen LogP contribution in [0.25, 0.3) is 0 Å². The van der Waals surface area contributed by atoms with Gasteiger partial charge in [0.25, 0.3) is 5.91 Å². The van der Waals surface area contributed by atoms with Gasteiger partial charge in [0.05, 0.1) is 0 Å². The summed E-state index contributed by atoms with van der Waals surface area (Å²) in [5, 5.41) is 3.00. The quantitative estimate of drug-likeness (QED) is 0.914. The van der Waals surface area contributed by atoms with E-state index in [1.54, 1.807) is 4.57 Å². The summed E-state index contributed by atoms with van der Waals surface area (Å²) in [4.78, 5) is 16.8. The largest absolute Gasteiger partial charge is 0.406 e. The maximum Gasteiger partial charge on any atom is 0.406 e. The number of aromatic nitrogens is 2. The Bertz CT molecular complexity index is 445. The zero-order valence-corrected chi connectivity index (χ0v) is 10.5. The van der Waals surface area contributed by atoms with Gasteiger partial charge >= 0.3 is 6.18 Å². The van der Waals surface area contributed by atoms with Crippen molar-refractivity contribution in [3.63, 3.8) is 0 Å². The van der Waals surface area contributed by atoms with Gasteiger partial charge in [0.15, 0.2) is 0 Å². The molecule has 0 unspecified atom stereocenters. The normalized spacial score (nSPS) is 14.7. The first kappa shape index (κ1) is 13.7. The van der Waals surface area contributed by atoms with Crippen molar-refractivity contribution in [3.05, 3.63) is 11.9 Å². The predicted molar refractivity (Wildman–Crippen MR) is 63.0 cm³/mol. The van der Waals surface area contributed by atoms with E-state index in [0.717, 1.165) is 17.9 Å². The van der Waals surface area contributed by atoms with E-state index in [2.05, 4.69) is 10.3 Å². The average Bonchev–Trinajstić information content (AvgIpc) is 2.77. The summed E-state index contributed by atoms with van der Waals surface area (Å²) in [5.74, 6) is -0.152. The van der Waals surface area contributed by atoms with Crippen molar-refractivity contribution in [2.45, 2.75) is 26.1 Å². The van der Waals surface area contributed by atoms with Crippen molar-refractivity contribution in [2.24, 2.45) is 0 Å². The second kappa shape index (κ2) is 5.10. The molecular formula is C11H15F3N4O. The van der Waals surface area contributed by atoms with Crippen molar-refractivity contribution >= 4 is 11.9 Å². The monoisotopic (exact) mass is 276 g/mol. The second-order valence-electron chi connectivity index (χ2n) is 4.36. The Morgan fingerprint density at radius 3 is 2.89 bits per heavy atom. The molecule has 5 nitrogen and oxygen atoms in total. The van der Waals surface area contributed by atoms with Gasteiger partial charge < -0.3 is 14.8 Å². The van der Waals surface area contributed by atoms with Crippen LogP contribution in [-0.2, 0) is 6.54 Å². The average molecular weight is 276 g/mol. The summed E-state index contributed by atoms with van der Waals surface area (Å²) in [7, 11) is 0. The molecule has 0 bridgehead atoms. The minimum absolute atomic E-state index is 0.00599. The number of fused-ring (bicyclic) bond motifs is 1. The van der Waals surface area contributed by atoms with Crippen LogP contribution in [0, 0.1) is 0 Å². The third-order valence-electron chi connectivity index (χ3n) is 2.89. The molecular weight excluding hydrogens is 261 g/mol. The third kappa shape index (κ3) is 3.18. The van der Waals surface area contributed by atoms with E-state index in [1.807, 2.05) is 0 Å². The van der Waals surface area contributed by atoms with Crippen molar-refractivity contribution in [2.75, 3.05) is 25.0 Å². The van der Waals surface area contributed by atoms with Crippen molar-refractivity contribution in [1.29, 1.82) is 0 Å². The van der Waals surface area contributed by atoms with Crippen LogP contribution >= 0.6 is 0 Å². The first-order valence-corrected chi connectivity index (χ1v) is 6.08. The van der Waals surface area contributed by atoms with Gasteiger partial charge in [-0.1, -0.05) is 0 Å². The third-order valence-corrected chi connectivity index (χ3v) is 2.89. The van der Waals surface area contributed by atoms with E-state index in [9.17, 15) is 18.0 Å². The van der Waals surface area contributed by atoms with Gasteiger partial charge in [0, 0.05) is 25.8 Å². The molecule has 0 saturated heterocycles. The number of carbonyl (C=O) groups excluding carboxylic acids is 1. The number of aryl methyl sites for hydroxylation is 1. The second-order valence-corrected chi connectivity index (χ2v) is 4.36. The fourth-order valence-electron chi connectivity index (χ4n) is 1.99. The Kier molecular flexibility index (Phi) is 3.68. The lowest BCUT2D eigenvalue weighted by Crippen LogP contribution is -2.38. The van der Waals surface area contributed by atoms with Crippen LogP contribution in [-0.4, -0.2) is 46.2 Å². The van der Waals surface area contributed by atoms with Gasteiger partial charge in [-0.3, -0.25) is 4.79 Å². The van der Waals surface area contributed by atoms with Gasteiger partial charge in [-0.05, 0) is 13.3 Å². The molecule has 106 valence electrons. The standard InChI is InChI=1S/C11H15F3N4O/c1-2-17(7-11(12,13)14)9(19)8-6-18-5-3-4-15-10(18)16-8/h6H,2-5,7H2,1H3,(H,15,16). The molecule has 0 radical (unpaired) electrons. The lowest BCUT2D eigenvalue weighted by atomic mass is 10.3. The number of hydrogen-bond acceptors (Lipinski definition) is 3. The molecule has 1 aliphatic heterocycles. The Morgan fingerprint density at radius 1 is 1.58 bits per heavy atom. The summed E-state index contributed by atoms with van der Waals surface area (Å²) in [6.45, 7) is 1.72. The predicted octanol–water partition coefficient (Wildman–Crippen LogP) is 1.72. The van der Waals surface area contributed by atoms with Gasteiger partial charge in [-0.15, -0.1) is 0 Å². The molecule has 0 saturated carbocycles. The highest BCUT2D eigenvalue weighted by Crippen LogP contribution is 2.19. The van der Waals surface area contributed by atoms with Crippen LogP contribution in [0.4, 0.5) is 19.1 Å². The van der Waals surface area contributed by atoms with Crippen LogP contribution in [0.3, 0.4) is 0 Å². The Hall–Kier alpha value is -1.73. The number of alkyl halides is 3. The SMILES string of the molecule is CCN(CC(F)(F)F)C(=O)c1cn2c(n1)NCCC2. The van der Waals surface area contributed by atoms with E-state index in [4.69, 9.17) is 0 Å². The van der Waals surface area contributed by atoms with E-state index in [0.29, 0.717) is 12.5 Å². The summed E-state index contributed by atoms with van der Waals surface area (Å²) in [6, 6.07) is 0. The van der Waals surface area contributed by atoms with E-state index < -0.39 is 18.6 Å². The molecule has 0 aliphatic carbocycles. The molecule has 1 aromatic rings. The van der Waals surface area contributed by atoms with Gasteiger partial charge in [0.2, 0.25) is 5.95 Å². The highest BCUT2D eigenvalue weighted by Gasteiger charge is 2.33. The number of amides is 1. The topological polar surface area (TPSA) is 50.2 Å². The lowest BCUT2D eigenvalue weighted by molar-refractivity contribution is -0.140. The Morgan fingerprint density at radius 2 is 2.32 bits per heavy atom. The van der Waals surface area contributed by atoms with E-state index in [-0.39, 0.29) is 12.2 Å². The highest BCUT2D eigenvalue weighted by atomic mass is 19.4. The lowest BCUT2D eigenvalue weighted by Gasteiger charge is -2.21. The maximum atomic E-state index is 12.4. The van der Waals surface area contributed by atoms with Crippen LogP contribution in [0.1, 0.15) is 23.8 Å². The number of nitrogens with one attached hydrogen (secondary N) is 1. The number of anilines is 1. The van der Waals surface area contributed by atoms with E-state index in [1.165, 1.54) is 13.1 Å². The highest BCUT2D eigenvalue weighted by molar-refractivity contribution is 5.92. The maximum absolute atomic E-state index is 12.4. The summed E-state index contributed by atoms with van der Waals surface area (Å²) in [6.07, 6.45) is -2.00. The molecule has 1 aliphatic rings. The Balaban J connectivity index is 2.15. The molecule has 1 amide bonds. The number of imidazole rings is 1. The zero-order valence-electron chi connectivity index (χ0n) is 10.5. The Labute approximate surface area is 108 Å². The molecule has 0 fully saturated rings. The smallest absolute Gasteiger partial charge is 0.356 e. The van der Waals surface area contributed by atoms with Gasteiger partial charge in [-0.2, -0.15) is 13.2 Å². The number of rotatable bonds is 3. The first-order chi connectivity index (χ1) is 8.90. The first-order valence-electron chi connectivity index (χ1n) is 6.08. The van der Waals surface area contributed by atoms with Crippen LogP contribution < -0.4 is 5.32 Å². The fraction of sp³-hybridized carbons (Fsp3) is 0.636. The molecule has 2 heterocycles. The van der Waals surface area contributed by atoms with Gasteiger partial charge in [0.1, 0.15) is 12.2 Å². The minimum atomic E-state index is -4.40. The number of carbonyl (C=O) groups is 1. The van der Waals surface area contributed by atoms with Crippen molar-refractivity contribution in [3.8, 4) is 0 Å². The molecule has 0 spiro atoms. The van der Waals surface area contributed by atoms with Gasteiger partial charge in [-0.25, -0.2) is 4.98 Å². The zero-order chi connectivity index (χ0) is 14.0. The number of halogens is 3. The summed E-state index contributed by atoms with van der Waals surface area (Å²) < 4.78 is 38.8. The van der Waals surface area contributed by atoms with Crippen LogP contribution in [0.5, 0.6) is 0 Å². The molecule has 0 atom stereocenters. The molecule has 0 aromatic carbocycles. The molecule has 1 aromatic heterocycles. The molecule has 8 heteroatoms. The van der Waals surface area contributed by atoms with Crippen LogP contribution in [0.15, 0.2) is 6.20 Å². The number of nitrogens with zero attached hydrogens (tertiary/aromatic N) is 3. The molecule has 19 heavy (non-hydrogen) atoms. The number of hydrogen-bond donors (Lipinski definition) is 1. The summed E-state index contributed by atoms with van der Waals surface area (Å²) >= 11 is 0. The molecule has 2 rings (SSSR count).